The van der Waals surface area contributed by atoms with Gasteiger partial charge in [-0.15, -0.1) is 11.3 Å². The number of hydrogen-bond acceptors (Lipinski definition) is 3. The predicted molar refractivity (Wildman–Crippen MR) is 39.5 cm³/mol. The molecule has 1 rings (SSSR count). The molecule has 0 aliphatic carbocycles. The third kappa shape index (κ3) is 1.50. The van der Waals surface area contributed by atoms with Crippen molar-refractivity contribution in [3.05, 3.63) is 16.1 Å². The summed E-state index contributed by atoms with van der Waals surface area (Å²) in [6.45, 7) is 3.92. The molecular formula is C6H10N2S. The number of nitrogens with two attached hydrogens (primary N) is 1. The van der Waals surface area contributed by atoms with Gasteiger partial charge < -0.3 is 5.73 Å². The maximum atomic E-state index is 5.57. The van der Waals surface area contributed by atoms with Crippen molar-refractivity contribution >= 4 is 11.3 Å². The van der Waals surface area contributed by atoms with Gasteiger partial charge in [-0.1, -0.05) is 0 Å². The van der Waals surface area contributed by atoms with Crippen LogP contribution in [-0.4, -0.2) is 4.98 Å². The summed E-state index contributed by atoms with van der Waals surface area (Å²) in [6, 6.07) is 0.0787. The van der Waals surface area contributed by atoms with Crippen molar-refractivity contribution in [2.45, 2.75) is 19.9 Å². The largest absolute Gasteiger partial charge is 0.323 e. The van der Waals surface area contributed by atoms with Gasteiger partial charge >= 0.3 is 0 Å². The molecule has 0 spiro atoms. The first-order valence-electron chi connectivity index (χ1n) is 2.88. The molecule has 1 heterocycles. The zero-order chi connectivity index (χ0) is 6.85. The van der Waals surface area contributed by atoms with Crippen molar-refractivity contribution in [2.75, 3.05) is 0 Å². The van der Waals surface area contributed by atoms with Crippen LogP contribution in [0.1, 0.15) is 23.7 Å². The minimum atomic E-state index is 0.0787. The van der Waals surface area contributed by atoms with Gasteiger partial charge in [0.25, 0.3) is 0 Å². The first-order chi connectivity index (χ1) is 4.20. The Morgan fingerprint density at radius 1 is 1.78 bits per heavy atom. The van der Waals surface area contributed by atoms with E-state index in [1.165, 1.54) is 0 Å². The van der Waals surface area contributed by atoms with Gasteiger partial charge in [-0.2, -0.15) is 0 Å². The molecule has 2 N–H and O–H groups in total. The van der Waals surface area contributed by atoms with Gasteiger partial charge in [-0.25, -0.2) is 4.98 Å². The van der Waals surface area contributed by atoms with E-state index in [4.69, 9.17) is 5.73 Å². The highest BCUT2D eigenvalue weighted by Gasteiger charge is 2.01. The summed E-state index contributed by atoms with van der Waals surface area (Å²) in [5.74, 6) is 0. The van der Waals surface area contributed by atoms with E-state index in [1.807, 2.05) is 19.2 Å². The molecule has 0 fully saturated rings. The molecule has 0 bridgehead atoms. The Morgan fingerprint density at radius 2 is 2.44 bits per heavy atom. The fourth-order valence-corrected chi connectivity index (χ4v) is 1.31. The second-order valence-electron chi connectivity index (χ2n) is 2.08. The minimum absolute atomic E-state index is 0.0787. The second kappa shape index (κ2) is 2.45. The van der Waals surface area contributed by atoms with Crippen LogP contribution in [0.25, 0.3) is 0 Å². The molecule has 1 aromatic heterocycles. The molecule has 0 aromatic carbocycles. The Bertz CT molecular complexity index is 193. The summed E-state index contributed by atoms with van der Waals surface area (Å²) in [5.41, 5.74) is 6.57. The van der Waals surface area contributed by atoms with Crippen molar-refractivity contribution in [3.63, 3.8) is 0 Å². The van der Waals surface area contributed by atoms with Crippen LogP contribution in [-0.2, 0) is 0 Å². The Balaban J connectivity index is 2.85. The maximum Gasteiger partial charge on any atom is 0.0898 e. The van der Waals surface area contributed by atoms with Crippen molar-refractivity contribution in [2.24, 2.45) is 5.73 Å². The molecule has 0 amide bonds. The highest BCUT2D eigenvalue weighted by atomic mass is 32.1. The molecule has 0 saturated heterocycles. The van der Waals surface area contributed by atoms with Crippen LogP contribution in [0.15, 0.2) is 5.38 Å². The second-order valence-corrected chi connectivity index (χ2v) is 3.14. The van der Waals surface area contributed by atoms with Crippen LogP contribution in [0.4, 0.5) is 0 Å². The van der Waals surface area contributed by atoms with E-state index in [1.54, 1.807) is 11.3 Å². The van der Waals surface area contributed by atoms with Crippen molar-refractivity contribution in [1.82, 2.24) is 4.98 Å². The molecule has 1 unspecified atom stereocenters. The Hall–Kier alpha value is -0.410. The number of rotatable bonds is 1. The number of aromatic nitrogens is 1. The maximum absolute atomic E-state index is 5.57. The van der Waals surface area contributed by atoms with Gasteiger partial charge in [0.1, 0.15) is 0 Å². The van der Waals surface area contributed by atoms with Crippen molar-refractivity contribution < 1.29 is 0 Å². The van der Waals surface area contributed by atoms with Crippen molar-refractivity contribution in [3.8, 4) is 0 Å². The highest BCUT2D eigenvalue weighted by molar-refractivity contribution is 7.09. The minimum Gasteiger partial charge on any atom is -0.323 e. The zero-order valence-electron chi connectivity index (χ0n) is 5.59. The molecule has 0 aliphatic heterocycles. The molecular weight excluding hydrogens is 132 g/mol. The molecule has 0 aliphatic rings. The number of aryl methyl sites for hydroxylation is 1. The summed E-state index contributed by atoms with van der Waals surface area (Å²) in [4.78, 5) is 4.20. The molecule has 50 valence electrons. The van der Waals surface area contributed by atoms with Crippen LogP contribution in [0, 0.1) is 6.92 Å². The topological polar surface area (TPSA) is 38.9 Å². The molecule has 9 heavy (non-hydrogen) atoms. The monoisotopic (exact) mass is 142 g/mol. The van der Waals surface area contributed by atoms with Gasteiger partial charge in [0.05, 0.1) is 10.7 Å². The van der Waals surface area contributed by atoms with Crippen LogP contribution in [0.2, 0.25) is 0 Å². The third-order valence-electron chi connectivity index (χ3n) is 1.10. The predicted octanol–water partition coefficient (Wildman–Crippen LogP) is 1.47. The first kappa shape index (κ1) is 6.71. The SMILES string of the molecule is Cc1nc(C(C)N)cs1. The number of hydrogen-bond donors (Lipinski definition) is 1. The van der Waals surface area contributed by atoms with Gasteiger partial charge in [-0.3, -0.25) is 0 Å². The van der Waals surface area contributed by atoms with E-state index in [9.17, 15) is 0 Å². The van der Waals surface area contributed by atoms with Crippen LogP contribution < -0.4 is 5.73 Å². The zero-order valence-corrected chi connectivity index (χ0v) is 6.40. The first-order valence-corrected chi connectivity index (χ1v) is 3.75. The molecule has 2 nitrogen and oxygen atoms in total. The van der Waals surface area contributed by atoms with Crippen LogP contribution in [0.3, 0.4) is 0 Å². The van der Waals surface area contributed by atoms with E-state index < -0.39 is 0 Å². The fourth-order valence-electron chi connectivity index (χ4n) is 0.589. The number of thiazole rings is 1. The van der Waals surface area contributed by atoms with E-state index in [2.05, 4.69) is 4.98 Å². The Kier molecular flexibility index (Phi) is 1.83. The molecule has 0 radical (unpaired) electrons. The van der Waals surface area contributed by atoms with Crippen molar-refractivity contribution in [1.29, 1.82) is 0 Å². The Morgan fingerprint density at radius 3 is 2.67 bits per heavy atom. The van der Waals surface area contributed by atoms with Crippen LogP contribution >= 0.6 is 11.3 Å². The van der Waals surface area contributed by atoms with E-state index in [0.29, 0.717) is 0 Å². The average molecular weight is 142 g/mol. The smallest absolute Gasteiger partial charge is 0.0898 e. The summed E-state index contributed by atoms with van der Waals surface area (Å²) in [7, 11) is 0. The lowest BCUT2D eigenvalue weighted by atomic mass is 10.3. The lowest BCUT2D eigenvalue weighted by molar-refractivity contribution is 0.786. The fraction of sp³-hybridized carbons (Fsp3) is 0.500. The standard InChI is InChI=1S/C6H10N2S/c1-4(7)6-3-9-5(2)8-6/h3-4H,7H2,1-2H3. The average Bonchev–Trinajstić information content (AvgIpc) is 2.14. The van der Waals surface area contributed by atoms with Crippen LogP contribution in [0.5, 0.6) is 0 Å². The summed E-state index contributed by atoms with van der Waals surface area (Å²) < 4.78 is 0. The lowest BCUT2D eigenvalue weighted by Crippen LogP contribution is -2.04. The lowest BCUT2D eigenvalue weighted by Gasteiger charge is -1.95. The van der Waals surface area contributed by atoms with E-state index in [-0.39, 0.29) is 6.04 Å². The van der Waals surface area contributed by atoms with Gasteiger partial charge in [-0.05, 0) is 13.8 Å². The molecule has 1 aromatic rings. The van der Waals surface area contributed by atoms with E-state index in [0.717, 1.165) is 10.7 Å². The molecule has 1 atom stereocenters. The van der Waals surface area contributed by atoms with Gasteiger partial charge in [0, 0.05) is 11.4 Å². The Labute approximate surface area is 58.7 Å². The summed E-state index contributed by atoms with van der Waals surface area (Å²) >= 11 is 1.64. The normalized spacial score (nSPS) is 13.7. The molecule has 0 saturated carbocycles. The molecule has 3 heteroatoms. The van der Waals surface area contributed by atoms with Gasteiger partial charge in [0.15, 0.2) is 0 Å². The number of nitrogens with zero attached hydrogens (tertiary/aromatic N) is 1. The van der Waals surface area contributed by atoms with E-state index >= 15 is 0 Å². The summed E-state index contributed by atoms with van der Waals surface area (Å²) in [6.07, 6.45) is 0. The summed E-state index contributed by atoms with van der Waals surface area (Å²) in [5, 5.41) is 3.09. The highest BCUT2D eigenvalue weighted by Crippen LogP contribution is 2.12. The van der Waals surface area contributed by atoms with Gasteiger partial charge in [0.2, 0.25) is 0 Å². The quantitative estimate of drug-likeness (QED) is 0.645. The third-order valence-corrected chi connectivity index (χ3v) is 1.90.